The lowest BCUT2D eigenvalue weighted by atomic mass is 10.1. The highest BCUT2D eigenvalue weighted by molar-refractivity contribution is 8.10. The third-order valence-corrected chi connectivity index (χ3v) is 3.56. The lowest BCUT2D eigenvalue weighted by Crippen LogP contribution is -2.40. The molecule has 2 nitrogen and oxygen atoms in total. The van der Waals surface area contributed by atoms with Crippen molar-refractivity contribution < 1.29 is 9.22 Å². The Morgan fingerprint density at radius 2 is 2.06 bits per heavy atom. The fourth-order valence-corrected chi connectivity index (χ4v) is 1.66. The van der Waals surface area contributed by atoms with Gasteiger partial charge in [0.1, 0.15) is 12.3 Å². The molecule has 88 valence electrons. The van der Waals surface area contributed by atoms with Crippen molar-refractivity contribution in [2.45, 2.75) is 13.5 Å². The van der Waals surface area contributed by atoms with E-state index in [-0.39, 0.29) is 0 Å². The molecule has 0 N–H and O–H groups in total. The molecule has 0 saturated carbocycles. The van der Waals surface area contributed by atoms with Gasteiger partial charge in [-0.05, 0) is 31.3 Å². The first-order valence-corrected chi connectivity index (χ1v) is 5.92. The van der Waals surface area contributed by atoms with Gasteiger partial charge in [0.15, 0.2) is 0 Å². The molecular formula is C12H18NOS2+. The molecule has 0 aromatic heterocycles. The molecule has 4 heteroatoms. The molecule has 0 bridgehead atoms. The van der Waals surface area contributed by atoms with E-state index in [0.717, 1.165) is 17.9 Å². The summed E-state index contributed by atoms with van der Waals surface area (Å²) in [6.45, 7) is 2.86. The minimum atomic E-state index is 0.568. The molecule has 0 atom stereocenters. The minimum absolute atomic E-state index is 0.568. The number of nitrogens with zero attached hydrogens (tertiary/aromatic N) is 1. The molecule has 0 fully saturated rings. The number of methoxy groups -OCH3 is 1. The predicted molar refractivity (Wildman–Crippen MR) is 75.1 cm³/mol. The third kappa shape index (κ3) is 3.20. The highest BCUT2D eigenvalue weighted by Gasteiger charge is 2.21. The number of rotatable bonds is 3. The Morgan fingerprint density at radius 1 is 1.44 bits per heavy atom. The average Bonchev–Trinajstić information content (AvgIpc) is 2.17. The van der Waals surface area contributed by atoms with Gasteiger partial charge < -0.3 is 4.74 Å². The summed E-state index contributed by atoms with van der Waals surface area (Å²) < 4.78 is 6.59. The zero-order valence-electron chi connectivity index (χ0n) is 10.2. The first-order chi connectivity index (χ1) is 7.36. The van der Waals surface area contributed by atoms with Crippen LogP contribution < -0.4 is 4.74 Å². The highest BCUT2D eigenvalue weighted by Crippen LogP contribution is 2.23. The molecule has 0 aliphatic carbocycles. The molecule has 0 unspecified atom stereocenters. The van der Waals surface area contributed by atoms with Gasteiger partial charge in [0.25, 0.3) is 0 Å². The number of thiocarbonyl (C=S) groups is 1. The molecule has 1 aromatic rings. The van der Waals surface area contributed by atoms with Crippen LogP contribution in [0.4, 0.5) is 0 Å². The lowest BCUT2D eigenvalue weighted by molar-refractivity contribution is -0.807. The SMILES string of the molecule is COc1ccc(C)cc1C[N+](C)(C)C(=S)S. The van der Waals surface area contributed by atoms with Gasteiger partial charge in [0.2, 0.25) is 4.32 Å². The maximum Gasteiger partial charge on any atom is 0.230 e. The molecule has 0 heterocycles. The summed E-state index contributed by atoms with van der Waals surface area (Å²) in [6, 6.07) is 6.17. The minimum Gasteiger partial charge on any atom is -0.496 e. The van der Waals surface area contributed by atoms with Gasteiger partial charge >= 0.3 is 0 Å². The van der Waals surface area contributed by atoms with Crippen LogP contribution in [0.25, 0.3) is 0 Å². The molecular weight excluding hydrogens is 238 g/mol. The fraction of sp³-hybridized carbons (Fsp3) is 0.417. The van der Waals surface area contributed by atoms with Crippen molar-refractivity contribution in [1.82, 2.24) is 0 Å². The van der Waals surface area contributed by atoms with Gasteiger partial charge in [-0.25, -0.2) is 0 Å². The van der Waals surface area contributed by atoms with Crippen LogP contribution in [0.2, 0.25) is 0 Å². The number of hydrogen-bond donors (Lipinski definition) is 1. The van der Waals surface area contributed by atoms with Gasteiger partial charge in [0, 0.05) is 5.56 Å². The van der Waals surface area contributed by atoms with Crippen molar-refractivity contribution in [2.24, 2.45) is 0 Å². The Balaban J connectivity index is 3.04. The number of quaternary nitrogens is 1. The van der Waals surface area contributed by atoms with E-state index >= 15 is 0 Å². The van der Waals surface area contributed by atoms with Crippen molar-refractivity contribution in [1.29, 1.82) is 0 Å². The van der Waals surface area contributed by atoms with Crippen LogP contribution in [0.15, 0.2) is 18.2 Å². The quantitative estimate of drug-likeness (QED) is 0.506. The van der Waals surface area contributed by atoms with E-state index in [4.69, 9.17) is 17.0 Å². The normalized spacial score (nSPS) is 11.3. The lowest BCUT2D eigenvalue weighted by Gasteiger charge is -2.27. The summed E-state index contributed by atoms with van der Waals surface area (Å²) in [6.07, 6.45) is 0. The number of benzene rings is 1. The molecule has 0 aliphatic rings. The van der Waals surface area contributed by atoms with Crippen LogP contribution >= 0.6 is 24.8 Å². The zero-order valence-corrected chi connectivity index (χ0v) is 11.9. The molecule has 0 amide bonds. The number of thiol groups is 1. The van der Waals surface area contributed by atoms with Gasteiger partial charge in [-0.3, -0.25) is 4.48 Å². The monoisotopic (exact) mass is 256 g/mol. The molecule has 1 rings (SSSR count). The van der Waals surface area contributed by atoms with Crippen molar-refractivity contribution in [3.8, 4) is 5.75 Å². The van der Waals surface area contributed by atoms with E-state index in [0.29, 0.717) is 8.80 Å². The Morgan fingerprint density at radius 3 is 2.56 bits per heavy atom. The Hall–Kier alpha value is -0.580. The number of ether oxygens (including phenoxy) is 1. The first kappa shape index (κ1) is 13.5. The number of hydrogen-bond acceptors (Lipinski definition) is 2. The van der Waals surface area contributed by atoms with Crippen LogP contribution in [0, 0.1) is 6.92 Å². The standard InChI is InChI=1S/C12H17NOS2/c1-9-5-6-11(14-4)10(7-9)8-13(2,3)12(15)16/h5-7H,8H2,1-4H3/p+1. The highest BCUT2D eigenvalue weighted by atomic mass is 32.1. The van der Waals surface area contributed by atoms with Gasteiger partial charge in [-0.15, -0.1) is 0 Å². The molecule has 16 heavy (non-hydrogen) atoms. The van der Waals surface area contributed by atoms with Crippen molar-refractivity contribution >= 4 is 29.2 Å². The molecule has 0 saturated heterocycles. The van der Waals surface area contributed by atoms with Crippen LogP contribution in [0.3, 0.4) is 0 Å². The van der Waals surface area contributed by atoms with E-state index in [1.165, 1.54) is 5.56 Å². The van der Waals surface area contributed by atoms with Gasteiger partial charge in [-0.2, -0.15) is 0 Å². The smallest absolute Gasteiger partial charge is 0.230 e. The van der Waals surface area contributed by atoms with E-state index in [1.807, 2.05) is 26.2 Å². The number of aryl methyl sites for hydroxylation is 1. The topological polar surface area (TPSA) is 9.23 Å². The Bertz CT molecular complexity index is 402. The van der Waals surface area contributed by atoms with E-state index < -0.39 is 0 Å². The predicted octanol–water partition coefficient (Wildman–Crippen LogP) is 2.79. The molecule has 0 radical (unpaired) electrons. The second kappa shape index (κ2) is 5.17. The molecule has 1 aromatic carbocycles. The third-order valence-electron chi connectivity index (χ3n) is 2.52. The largest absolute Gasteiger partial charge is 0.496 e. The summed E-state index contributed by atoms with van der Waals surface area (Å²) in [7, 11) is 5.77. The summed E-state index contributed by atoms with van der Waals surface area (Å²) in [5, 5.41) is 0. The van der Waals surface area contributed by atoms with E-state index in [2.05, 4.69) is 25.6 Å². The van der Waals surface area contributed by atoms with Crippen molar-refractivity contribution in [3.05, 3.63) is 29.3 Å². The average molecular weight is 256 g/mol. The summed E-state index contributed by atoms with van der Waals surface area (Å²) in [5.41, 5.74) is 2.38. The Labute approximate surface area is 108 Å². The Kier molecular flexibility index (Phi) is 4.35. The van der Waals surface area contributed by atoms with Crippen molar-refractivity contribution in [3.63, 3.8) is 0 Å². The maximum absolute atomic E-state index is 5.35. The van der Waals surface area contributed by atoms with E-state index in [1.54, 1.807) is 7.11 Å². The van der Waals surface area contributed by atoms with Crippen LogP contribution in [-0.4, -0.2) is 30.0 Å². The maximum atomic E-state index is 5.35. The summed E-state index contributed by atoms with van der Waals surface area (Å²) >= 11 is 9.40. The second-order valence-electron chi connectivity index (χ2n) is 4.44. The first-order valence-electron chi connectivity index (χ1n) is 5.07. The van der Waals surface area contributed by atoms with Crippen LogP contribution in [0.1, 0.15) is 11.1 Å². The zero-order chi connectivity index (χ0) is 12.3. The second-order valence-corrected chi connectivity index (χ2v) is 5.55. The van der Waals surface area contributed by atoms with Crippen LogP contribution in [0.5, 0.6) is 5.75 Å². The molecule has 0 spiro atoms. The van der Waals surface area contributed by atoms with Crippen LogP contribution in [-0.2, 0) is 6.54 Å². The summed E-state index contributed by atoms with van der Waals surface area (Å²) in [5.74, 6) is 0.904. The van der Waals surface area contributed by atoms with Gasteiger partial charge in [0.05, 0.1) is 21.2 Å². The van der Waals surface area contributed by atoms with Crippen molar-refractivity contribution in [2.75, 3.05) is 21.2 Å². The fourth-order valence-electron chi connectivity index (χ4n) is 1.52. The van der Waals surface area contributed by atoms with E-state index in [9.17, 15) is 0 Å². The summed E-state index contributed by atoms with van der Waals surface area (Å²) in [4.78, 5) is 0. The molecule has 0 aliphatic heterocycles. The van der Waals surface area contributed by atoms with Gasteiger partial charge in [-0.1, -0.05) is 24.3 Å².